The van der Waals surface area contributed by atoms with Crippen molar-refractivity contribution in [3.63, 3.8) is 0 Å². The van der Waals surface area contributed by atoms with Crippen molar-refractivity contribution in [3.05, 3.63) is 18.2 Å². The number of nitrogens with zero attached hydrogens (tertiary/aromatic N) is 1. The maximum atomic E-state index is 12.1. The number of nitrogens with one attached hydrogen (secondary N) is 1. The Kier molecular flexibility index (Phi) is 3.24. The second-order valence-corrected chi connectivity index (χ2v) is 6.24. The monoisotopic (exact) mass is 284 g/mol. The average molecular weight is 284 g/mol. The number of fused-ring (bicyclic) bond motifs is 1. The minimum absolute atomic E-state index is 0.481. The first-order chi connectivity index (χ1) is 9.15. The van der Waals surface area contributed by atoms with Crippen LogP contribution in [0.1, 0.15) is 12.8 Å². The highest BCUT2D eigenvalue weighted by Crippen LogP contribution is 2.33. The van der Waals surface area contributed by atoms with Crippen LogP contribution in [0.15, 0.2) is 18.2 Å². The lowest BCUT2D eigenvalue weighted by Gasteiger charge is -2.20. The molecule has 2 heterocycles. The molecule has 6 nitrogen and oxygen atoms in total. The summed E-state index contributed by atoms with van der Waals surface area (Å²) in [6.07, 6.45) is 1.84. The molecule has 0 saturated carbocycles. The molecule has 104 valence electrons. The normalized spacial score (nSPS) is 19.4. The smallest absolute Gasteiger partial charge is 0.301 e. The molecule has 0 atom stereocenters. The molecule has 0 aliphatic carbocycles. The van der Waals surface area contributed by atoms with Gasteiger partial charge in [-0.15, -0.1) is 0 Å². The lowest BCUT2D eigenvalue weighted by Crippen LogP contribution is -2.33. The minimum atomic E-state index is -3.45. The SMILES string of the molecule is O=S(=O)(Nc1ccc2c(c1)OCCO2)N1CCCC1. The minimum Gasteiger partial charge on any atom is -0.486 e. The van der Waals surface area contributed by atoms with Crippen LogP contribution in [0.2, 0.25) is 0 Å². The molecule has 0 unspecified atom stereocenters. The molecule has 7 heteroatoms. The van der Waals surface area contributed by atoms with Gasteiger partial charge >= 0.3 is 10.2 Å². The quantitative estimate of drug-likeness (QED) is 0.906. The molecule has 0 spiro atoms. The number of rotatable bonds is 3. The van der Waals surface area contributed by atoms with Crippen molar-refractivity contribution in [1.82, 2.24) is 4.31 Å². The van der Waals surface area contributed by atoms with Gasteiger partial charge in [0.15, 0.2) is 11.5 Å². The van der Waals surface area contributed by atoms with E-state index in [0.29, 0.717) is 43.5 Å². The highest BCUT2D eigenvalue weighted by Gasteiger charge is 2.25. The van der Waals surface area contributed by atoms with E-state index in [2.05, 4.69) is 4.72 Å². The van der Waals surface area contributed by atoms with Gasteiger partial charge in [-0.25, -0.2) is 0 Å². The number of hydrogen-bond acceptors (Lipinski definition) is 4. The molecule has 1 aromatic rings. The topological polar surface area (TPSA) is 67.9 Å². The van der Waals surface area contributed by atoms with Gasteiger partial charge < -0.3 is 9.47 Å². The lowest BCUT2D eigenvalue weighted by atomic mass is 10.3. The van der Waals surface area contributed by atoms with E-state index in [-0.39, 0.29) is 0 Å². The predicted molar refractivity (Wildman–Crippen MR) is 70.8 cm³/mol. The van der Waals surface area contributed by atoms with Crippen molar-refractivity contribution in [2.75, 3.05) is 31.0 Å². The summed E-state index contributed by atoms with van der Waals surface area (Å²) in [5, 5.41) is 0. The zero-order valence-corrected chi connectivity index (χ0v) is 11.3. The van der Waals surface area contributed by atoms with Crippen molar-refractivity contribution in [3.8, 4) is 11.5 Å². The number of ether oxygens (including phenoxy) is 2. The summed E-state index contributed by atoms with van der Waals surface area (Å²) in [5.74, 6) is 1.23. The first-order valence-corrected chi connectivity index (χ1v) is 7.77. The van der Waals surface area contributed by atoms with Gasteiger partial charge in [0.2, 0.25) is 0 Å². The van der Waals surface area contributed by atoms with Gasteiger partial charge in [-0.3, -0.25) is 4.72 Å². The second kappa shape index (κ2) is 4.90. The number of benzene rings is 1. The van der Waals surface area contributed by atoms with Crippen LogP contribution in [0.3, 0.4) is 0 Å². The molecule has 2 aliphatic rings. The maximum Gasteiger partial charge on any atom is 0.301 e. The van der Waals surface area contributed by atoms with Gasteiger partial charge in [-0.1, -0.05) is 0 Å². The van der Waals surface area contributed by atoms with E-state index >= 15 is 0 Å². The van der Waals surface area contributed by atoms with E-state index in [0.717, 1.165) is 12.8 Å². The summed E-state index contributed by atoms with van der Waals surface area (Å²) in [4.78, 5) is 0. The molecule has 0 bridgehead atoms. The van der Waals surface area contributed by atoms with Crippen LogP contribution < -0.4 is 14.2 Å². The number of anilines is 1. The van der Waals surface area contributed by atoms with Crippen molar-refractivity contribution in [2.24, 2.45) is 0 Å². The Labute approximate surface area is 112 Å². The Morgan fingerprint density at radius 2 is 1.74 bits per heavy atom. The van der Waals surface area contributed by atoms with Crippen molar-refractivity contribution >= 4 is 15.9 Å². The van der Waals surface area contributed by atoms with Crippen molar-refractivity contribution < 1.29 is 17.9 Å². The molecule has 1 fully saturated rings. The lowest BCUT2D eigenvalue weighted by molar-refractivity contribution is 0.171. The second-order valence-electron chi connectivity index (χ2n) is 4.57. The Morgan fingerprint density at radius 3 is 2.47 bits per heavy atom. The molecule has 0 radical (unpaired) electrons. The van der Waals surface area contributed by atoms with Crippen LogP contribution >= 0.6 is 0 Å². The first kappa shape index (κ1) is 12.6. The molecule has 1 N–H and O–H groups in total. The summed E-state index contributed by atoms with van der Waals surface area (Å²) in [7, 11) is -3.45. The first-order valence-electron chi connectivity index (χ1n) is 6.33. The molecular formula is C12H16N2O4S. The van der Waals surface area contributed by atoms with E-state index in [4.69, 9.17) is 9.47 Å². The zero-order valence-electron chi connectivity index (χ0n) is 10.5. The fraction of sp³-hybridized carbons (Fsp3) is 0.500. The van der Waals surface area contributed by atoms with Gasteiger partial charge in [0, 0.05) is 19.2 Å². The Hall–Kier alpha value is -1.47. The Balaban J connectivity index is 1.79. The number of hydrogen-bond donors (Lipinski definition) is 1. The third kappa shape index (κ3) is 2.62. The van der Waals surface area contributed by atoms with E-state index < -0.39 is 10.2 Å². The highest BCUT2D eigenvalue weighted by molar-refractivity contribution is 7.90. The standard InChI is InChI=1S/C12H16N2O4S/c15-19(16,14-5-1-2-6-14)13-10-3-4-11-12(9-10)18-8-7-17-11/h3-4,9,13H,1-2,5-8H2. The Morgan fingerprint density at radius 1 is 1.05 bits per heavy atom. The van der Waals surface area contributed by atoms with E-state index in [1.165, 1.54) is 4.31 Å². The van der Waals surface area contributed by atoms with Gasteiger partial charge in [-0.2, -0.15) is 12.7 Å². The van der Waals surface area contributed by atoms with Crippen molar-refractivity contribution in [1.29, 1.82) is 0 Å². The van der Waals surface area contributed by atoms with Crippen LogP contribution in [0, 0.1) is 0 Å². The average Bonchev–Trinajstić information content (AvgIpc) is 2.93. The fourth-order valence-corrected chi connectivity index (χ4v) is 3.54. The molecule has 2 aliphatic heterocycles. The molecule has 3 rings (SSSR count). The molecule has 1 saturated heterocycles. The molecular weight excluding hydrogens is 268 g/mol. The van der Waals surface area contributed by atoms with Crippen LogP contribution in [0.5, 0.6) is 11.5 Å². The van der Waals surface area contributed by atoms with Crippen LogP contribution in [0.4, 0.5) is 5.69 Å². The van der Waals surface area contributed by atoms with Crippen LogP contribution in [-0.4, -0.2) is 39.0 Å². The van der Waals surface area contributed by atoms with Gasteiger partial charge in [0.1, 0.15) is 13.2 Å². The van der Waals surface area contributed by atoms with Crippen LogP contribution in [-0.2, 0) is 10.2 Å². The molecule has 1 aromatic carbocycles. The summed E-state index contributed by atoms with van der Waals surface area (Å²) in [5.41, 5.74) is 0.496. The Bertz CT molecular complexity index is 567. The predicted octanol–water partition coefficient (Wildman–Crippen LogP) is 1.21. The van der Waals surface area contributed by atoms with Gasteiger partial charge in [0.05, 0.1) is 5.69 Å². The third-order valence-electron chi connectivity index (χ3n) is 3.19. The third-order valence-corrected chi connectivity index (χ3v) is 4.73. The molecule has 0 amide bonds. The summed E-state index contributed by atoms with van der Waals surface area (Å²) in [6.45, 7) is 2.17. The largest absolute Gasteiger partial charge is 0.486 e. The molecule has 0 aromatic heterocycles. The van der Waals surface area contributed by atoms with Crippen molar-refractivity contribution in [2.45, 2.75) is 12.8 Å². The summed E-state index contributed by atoms with van der Waals surface area (Å²) < 4.78 is 39.1. The van der Waals surface area contributed by atoms with Crippen LogP contribution in [0.25, 0.3) is 0 Å². The van der Waals surface area contributed by atoms with E-state index in [9.17, 15) is 8.42 Å². The zero-order chi connectivity index (χ0) is 13.3. The van der Waals surface area contributed by atoms with E-state index in [1.54, 1.807) is 18.2 Å². The van der Waals surface area contributed by atoms with E-state index in [1.807, 2.05) is 0 Å². The summed E-state index contributed by atoms with van der Waals surface area (Å²) >= 11 is 0. The summed E-state index contributed by atoms with van der Waals surface area (Å²) in [6, 6.07) is 5.06. The van der Waals surface area contributed by atoms with Gasteiger partial charge in [-0.05, 0) is 25.0 Å². The maximum absolute atomic E-state index is 12.1. The molecule has 19 heavy (non-hydrogen) atoms. The highest BCUT2D eigenvalue weighted by atomic mass is 32.2. The van der Waals surface area contributed by atoms with Gasteiger partial charge in [0.25, 0.3) is 0 Å². The fourth-order valence-electron chi connectivity index (χ4n) is 2.25.